The van der Waals surface area contributed by atoms with Crippen molar-refractivity contribution in [3.8, 4) is 0 Å². The van der Waals surface area contributed by atoms with E-state index < -0.39 is 15.8 Å². The third-order valence-corrected chi connectivity index (χ3v) is 7.24. The zero-order valence-corrected chi connectivity index (χ0v) is 15.3. The Labute approximate surface area is 148 Å². The van der Waals surface area contributed by atoms with Gasteiger partial charge in [-0.15, -0.1) is 0 Å². The number of carbonyl (C=O) groups is 1. The highest BCUT2D eigenvalue weighted by molar-refractivity contribution is 7.89. The van der Waals surface area contributed by atoms with Gasteiger partial charge in [0.1, 0.15) is 5.82 Å². The summed E-state index contributed by atoms with van der Waals surface area (Å²) in [4.78, 5) is 12.6. The number of halogens is 1. The number of hydrogen-bond acceptors (Lipinski definition) is 3. The van der Waals surface area contributed by atoms with Crippen LogP contribution < -0.4 is 5.32 Å². The van der Waals surface area contributed by atoms with Crippen LogP contribution in [0.4, 0.5) is 4.39 Å². The molecule has 1 saturated heterocycles. The van der Waals surface area contributed by atoms with Crippen LogP contribution in [0.15, 0.2) is 23.1 Å². The number of sulfonamides is 1. The molecule has 7 heteroatoms. The third kappa shape index (κ3) is 4.03. The molecule has 0 spiro atoms. The summed E-state index contributed by atoms with van der Waals surface area (Å²) in [6, 6.07) is 3.93. The molecule has 138 valence electrons. The molecule has 1 saturated carbocycles. The van der Waals surface area contributed by atoms with Gasteiger partial charge in [-0.3, -0.25) is 4.79 Å². The summed E-state index contributed by atoms with van der Waals surface area (Å²) in [5, 5.41) is 3.07. The fourth-order valence-corrected chi connectivity index (χ4v) is 5.53. The highest BCUT2D eigenvalue weighted by atomic mass is 32.2. The quantitative estimate of drug-likeness (QED) is 0.888. The molecule has 1 aromatic carbocycles. The average molecular weight is 368 g/mol. The van der Waals surface area contributed by atoms with E-state index in [0.717, 1.165) is 31.7 Å². The smallest absolute Gasteiger partial charge is 0.243 e. The van der Waals surface area contributed by atoms with Gasteiger partial charge >= 0.3 is 0 Å². The van der Waals surface area contributed by atoms with Crippen molar-refractivity contribution in [1.29, 1.82) is 0 Å². The molecule has 0 aromatic heterocycles. The Morgan fingerprint density at radius 3 is 2.60 bits per heavy atom. The SMILES string of the molecule is Cc1cc(F)ccc1S(=O)(=O)N1CCCC(C(=O)NC2CCCC2)C1. The number of nitrogens with one attached hydrogen (secondary N) is 1. The molecule has 2 fully saturated rings. The van der Waals surface area contributed by atoms with Crippen LogP contribution in [0.25, 0.3) is 0 Å². The molecule has 1 aliphatic carbocycles. The molecular formula is C18H25FN2O3S. The Kier molecular flexibility index (Phi) is 5.43. The second-order valence-corrected chi connectivity index (χ2v) is 9.01. The number of rotatable bonds is 4. The van der Waals surface area contributed by atoms with E-state index in [1.165, 1.54) is 16.4 Å². The number of aryl methyl sites for hydroxylation is 1. The normalized spacial score (nSPS) is 22.9. The average Bonchev–Trinajstić information content (AvgIpc) is 3.07. The Bertz CT molecular complexity index is 745. The molecule has 1 unspecified atom stereocenters. The van der Waals surface area contributed by atoms with Gasteiger partial charge in [0.05, 0.1) is 10.8 Å². The fourth-order valence-electron chi connectivity index (χ4n) is 3.81. The second-order valence-electron chi connectivity index (χ2n) is 7.10. The Balaban J connectivity index is 1.72. The number of carbonyl (C=O) groups excluding carboxylic acids is 1. The van der Waals surface area contributed by atoms with E-state index in [4.69, 9.17) is 0 Å². The molecule has 1 atom stereocenters. The lowest BCUT2D eigenvalue weighted by Crippen LogP contribution is -2.47. The zero-order valence-electron chi connectivity index (χ0n) is 14.5. The fraction of sp³-hybridized carbons (Fsp3) is 0.611. The van der Waals surface area contributed by atoms with E-state index in [0.29, 0.717) is 24.9 Å². The van der Waals surface area contributed by atoms with Crippen LogP contribution in [0.1, 0.15) is 44.1 Å². The lowest BCUT2D eigenvalue weighted by molar-refractivity contribution is -0.126. The van der Waals surface area contributed by atoms with Gasteiger partial charge in [-0.05, 0) is 56.4 Å². The maximum absolute atomic E-state index is 13.3. The van der Waals surface area contributed by atoms with E-state index in [9.17, 15) is 17.6 Å². The number of benzene rings is 1. The summed E-state index contributed by atoms with van der Waals surface area (Å²) in [6.07, 6.45) is 5.65. The van der Waals surface area contributed by atoms with Gasteiger partial charge in [-0.1, -0.05) is 12.8 Å². The van der Waals surface area contributed by atoms with Crippen molar-refractivity contribution < 1.29 is 17.6 Å². The summed E-state index contributed by atoms with van der Waals surface area (Å²) < 4.78 is 40.5. The predicted octanol–water partition coefficient (Wildman–Crippen LogP) is 2.59. The van der Waals surface area contributed by atoms with Crippen LogP contribution in [-0.4, -0.2) is 37.8 Å². The molecule has 5 nitrogen and oxygen atoms in total. The largest absolute Gasteiger partial charge is 0.353 e. The van der Waals surface area contributed by atoms with Crippen LogP contribution in [-0.2, 0) is 14.8 Å². The zero-order chi connectivity index (χ0) is 18.0. The van der Waals surface area contributed by atoms with Gasteiger partial charge in [0, 0.05) is 19.1 Å². The Morgan fingerprint density at radius 1 is 1.20 bits per heavy atom. The highest BCUT2D eigenvalue weighted by Gasteiger charge is 2.34. The van der Waals surface area contributed by atoms with Crippen molar-refractivity contribution in [2.45, 2.75) is 56.4 Å². The summed E-state index contributed by atoms with van der Waals surface area (Å²) in [5.41, 5.74) is 0.387. The molecule has 0 radical (unpaired) electrons. The Morgan fingerprint density at radius 2 is 1.92 bits per heavy atom. The topological polar surface area (TPSA) is 66.5 Å². The molecule has 2 aliphatic rings. The molecule has 1 aromatic rings. The minimum absolute atomic E-state index is 0.0392. The molecule has 1 amide bonds. The molecule has 1 N–H and O–H groups in total. The summed E-state index contributed by atoms with van der Waals surface area (Å²) >= 11 is 0. The lowest BCUT2D eigenvalue weighted by atomic mass is 9.98. The molecule has 1 heterocycles. The van der Waals surface area contributed by atoms with Crippen molar-refractivity contribution in [2.75, 3.05) is 13.1 Å². The molecule has 25 heavy (non-hydrogen) atoms. The van der Waals surface area contributed by atoms with Gasteiger partial charge in [-0.25, -0.2) is 12.8 Å². The molecule has 0 bridgehead atoms. The first kappa shape index (κ1) is 18.3. The second kappa shape index (κ2) is 7.41. The van der Waals surface area contributed by atoms with Crippen molar-refractivity contribution in [2.24, 2.45) is 5.92 Å². The number of hydrogen-bond donors (Lipinski definition) is 1. The minimum atomic E-state index is -3.72. The van der Waals surface area contributed by atoms with Crippen LogP contribution in [0.5, 0.6) is 0 Å². The first-order valence-electron chi connectivity index (χ1n) is 8.94. The summed E-state index contributed by atoms with van der Waals surface area (Å²) in [6.45, 7) is 2.17. The van der Waals surface area contributed by atoms with E-state index in [2.05, 4.69) is 5.32 Å². The van der Waals surface area contributed by atoms with Gasteiger partial charge in [0.2, 0.25) is 15.9 Å². The summed E-state index contributed by atoms with van der Waals surface area (Å²) in [7, 11) is -3.72. The maximum Gasteiger partial charge on any atom is 0.243 e. The maximum atomic E-state index is 13.3. The van der Waals surface area contributed by atoms with Gasteiger partial charge < -0.3 is 5.32 Å². The van der Waals surface area contributed by atoms with E-state index in [-0.39, 0.29) is 29.3 Å². The first-order valence-corrected chi connectivity index (χ1v) is 10.4. The Hall–Kier alpha value is -1.47. The monoisotopic (exact) mass is 368 g/mol. The van der Waals surface area contributed by atoms with E-state index >= 15 is 0 Å². The van der Waals surface area contributed by atoms with Crippen molar-refractivity contribution >= 4 is 15.9 Å². The van der Waals surface area contributed by atoms with Crippen molar-refractivity contribution in [1.82, 2.24) is 9.62 Å². The molecular weight excluding hydrogens is 343 g/mol. The van der Waals surface area contributed by atoms with Crippen LogP contribution in [0, 0.1) is 18.7 Å². The summed E-state index contributed by atoms with van der Waals surface area (Å²) in [5.74, 6) is -0.809. The van der Waals surface area contributed by atoms with Crippen molar-refractivity contribution in [3.63, 3.8) is 0 Å². The molecule has 1 aliphatic heterocycles. The van der Waals surface area contributed by atoms with Crippen LogP contribution >= 0.6 is 0 Å². The lowest BCUT2D eigenvalue weighted by Gasteiger charge is -2.32. The van der Waals surface area contributed by atoms with Crippen LogP contribution in [0.2, 0.25) is 0 Å². The minimum Gasteiger partial charge on any atom is -0.353 e. The number of amides is 1. The van der Waals surface area contributed by atoms with Gasteiger partial charge in [0.25, 0.3) is 0 Å². The third-order valence-electron chi connectivity index (χ3n) is 5.21. The first-order chi connectivity index (χ1) is 11.9. The van der Waals surface area contributed by atoms with Gasteiger partial charge in [-0.2, -0.15) is 4.31 Å². The number of nitrogens with zero attached hydrogens (tertiary/aromatic N) is 1. The van der Waals surface area contributed by atoms with E-state index in [1.54, 1.807) is 6.92 Å². The van der Waals surface area contributed by atoms with E-state index in [1.807, 2.05) is 0 Å². The van der Waals surface area contributed by atoms with Gasteiger partial charge in [0.15, 0.2) is 0 Å². The highest BCUT2D eigenvalue weighted by Crippen LogP contribution is 2.27. The predicted molar refractivity (Wildman–Crippen MR) is 93.0 cm³/mol. The van der Waals surface area contributed by atoms with Crippen molar-refractivity contribution in [3.05, 3.63) is 29.6 Å². The number of piperidine rings is 1. The standard InChI is InChI=1S/C18H25FN2O3S/c1-13-11-15(19)8-9-17(13)25(23,24)21-10-4-5-14(12-21)18(22)20-16-6-2-3-7-16/h8-9,11,14,16H,2-7,10,12H2,1H3,(H,20,22). The van der Waals surface area contributed by atoms with Crippen LogP contribution in [0.3, 0.4) is 0 Å². The molecule has 3 rings (SSSR count).